The lowest BCUT2D eigenvalue weighted by atomic mass is 9.96. The Bertz CT molecular complexity index is 2560. The summed E-state index contributed by atoms with van der Waals surface area (Å²) < 4.78 is 4.59. The minimum Gasteiger partial charge on any atom is -0.309 e. The summed E-state index contributed by atoms with van der Waals surface area (Å²) in [5, 5.41) is 15.3. The van der Waals surface area contributed by atoms with Crippen molar-refractivity contribution in [3.63, 3.8) is 0 Å². The number of benzene rings is 7. The quantitative estimate of drug-likeness (QED) is 0.202. The van der Waals surface area contributed by atoms with Gasteiger partial charge in [0.15, 0.2) is 0 Å². The van der Waals surface area contributed by atoms with Crippen LogP contribution in [-0.2, 0) is 0 Å². The molecule has 0 N–H and O–H groups in total. The van der Waals surface area contributed by atoms with Crippen LogP contribution in [0.3, 0.4) is 0 Å². The highest BCUT2D eigenvalue weighted by molar-refractivity contribution is 6.10. The summed E-state index contributed by atoms with van der Waals surface area (Å²) in [5.41, 5.74) is 11.6. The number of fused-ring (bicyclic) bond motifs is 6. The molecule has 9 rings (SSSR count). The molecule has 2 heterocycles. The van der Waals surface area contributed by atoms with Gasteiger partial charge < -0.3 is 9.13 Å². The lowest BCUT2D eigenvalue weighted by molar-refractivity contribution is 1.17. The molecule has 0 bridgehead atoms. The molecule has 0 saturated heterocycles. The molecule has 7 aromatic carbocycles. The van der Waals surface area contributed by atoms with Crippen molar-refractivity contribution < 1.29 is 0 Å². The monoisotopic (exact) mass is 585 g/mol. The zero-order valence-corrected chi connectivity index (χ0v) is 24.9. The molecule has 214 valence electrons. The van der Waals surface area contributed by atoms with Crippen molar-refractivity contribution in [2.24, 2.45) is 0 Å². The first-order chi connectivity index (χ1) is 22.8. The first kappa shape index (κ1) is 26.1. The fourth-order valence-corrected chi connectivity index (χ4v) is 7.14. The van der Waals surface area contributed by atoms with E-state index in [9.17, 15) is 5.26 Å². The molecule has 46 heavy (non-hydrogen) atoms. The lowest BCUT2D eigenvalue weighted by Gasteiger charge is -2.15. The largest absolute Gasteiger partial charge is 0.309 e. The van der Waals surface area contributed by atoms with Crippen LogP contribution in [0.25, 0.3) is 77.2 Å². The number of aromatic nitrogens is 2. The number of nitrogens with zero attached hydrogens (tertiary/aromatic N) is 3. The van der Waals surface area contributed by atoms with Crippen molar-refractivity contribution in [1.82, 2.24) is 9.13 Å². The van der Waals surface area contributed by atoms with E-state index in [1.807, 2.05) is 6.07 Å². The number of nitriles is 1. The summed E-state index contributed by atoms with van der Waals surface area (Å²) in [4.78, 5) is 0. The van der Waals surface area contributed by atoms with E-state index in [-0.39, 0.29) is 0 Å². The number of rotatable bonds is 4. The Hall–Kier alpha value is -6.37. The Balaban J connectivity index is 1.19. The van der Waals surface area contributed by atoms with E-state index in [2.05, 4.69) is 173 Å². The number of hydrogen-bond acceptors (Lipinski definition) is 1. The molecule has 3 heteroatoms. The van der Waals surface area contributed by atoms with E-state index in [4.69, 9.17) is 0 Å². The van der Waals surface area contributed by atoms with Crippen molar-refractivity contribution >= 4 is 43.6 Å². The number of hydrogen-bond donors (Lipinski definition) is 0. The van der Waals surface area contributed by atoms with Crippen LogP contribution < -0.4 is 0 Å². The van der Waals surface area contributed by atoms with Gasteiger partial charge in [-0.15, -0.1) is 0 Å². The van der Waals surface area contributed by atoms with E-state index >= 15 is 0 Å². The van der Waals surface area contributed by atoms with E-state index in [1.165, 1.54) is 32.6 Å². The third-order valence-corrected chi connectivity index (χ3v) is 9.17. The third kappa shape index (κ3) is 3.91. The van der Waals surface area contributed by atoms with Crippen molar-refractivity contribution in [3.8, 4) is 39.7 Å². The molecule has 0 radical (unpaired) electrons. The van der Waals surface area contributed by atoms with Gasteiger partial charge in [-0.05, 0) is 65.2 Å². The topological polar surface area (TPSA) is 33.6 Å². The van der Waals surface area contributed by atoms with Gasteiger partial charge in [-0.3, -0.25) is 0 Å². The van der Waals surface area contributed by atoms with Crippen molar-refractivity contribution in [2.45, 2.75) is 0 Å². The zero-order chi connectivity index (χ0) is 30.6. The maximum absolute atomic E-state index is 10.4. The average Bonchev–Trinajstić information content (AvgIpc) is 3.64. The van der Waals surface area contributed by atoms with Gasteiger partial charge in [-0.1, -0.05) is 115 Å². The molecule has 0 aliphatic carbocycles. The normalized spacial score (nSPS) is 11.5. The fraction of sp³-hybridized carbons (Fsp3) is 0. The molecule has 3 nitrogen and oxygen atoms in total. The van der Waals surface area contributed by atoms with Crippen molar-refractivity contribution in [2.75, 3.05) is 0 Å². The van der Waals surface area contributed by atoms with Gasteiger partial charge in [0.1, 0.15) is 6.07 Å². The minimum atomic E-state index is 0.639. The second-order valence-electron chi connectivity index (χ2n) is 11.7. The van der Waals surface area contributed by atoms with Crippen LogP contribution in [0.2, 0.25) is 0 Å². The van der Waals surface area contributed by atoms with Crippen molar-refractivity contribution in [1.29, 1.82) is 5.26 Å². The van der Waals surface area contributed by atoms with Gasteiger partial charge in [-0.2, -0.15) is 5.26 Å². The van der Waals surface area contributed by atoms with E-state index in [1.54, 1.807) is 0 Å². The second-order valence-corrected chi connectivity index (χ2v) is 11.7. The smallest absolute Gasteiger partial charge is 0.101 e. The summed E-state index contributed by atoms with van der Waals surface area (Å²) in [6.07, 6.45) is 0. The van der Waals surface area contributed by atoms with Gasteiger partial charge in [-0.25, -0.2) is 0 Å². The van der Waals surface area contributed by atoms with Gasteiger partial charge in [0, 0.05) is 27.1 Å². The van der Waals surface area contributed by atoms with Crippen LogP contribution in [0.15, 0.2) is 164 Å². The molecular weight excluding hydrogens is 558 g/mol. The Morgan fingerprint density at radius 3 is 1.39 bits per heavy atom. The Labute approximate surface area is 266 Å². The Kier molecular flexibility index (Phi) is 5.88. The van der Waals surface area contributed by atoms with Crippen LogP contribution in [0.5, 0.6) is 0 Å². The summed E-state index contributed by atoms with van der Waals surface area (Å²) in [6, 6.07) is 60.1. The van der Waals surface area contributed by atoms with Crippen LogP contribution in [0.1, 0.15) is 5.56 Å². The third-order valence-electron chi connectivity index (χ3n) is 9.17. The molecule has 0 unspecified atom stereocenters. The predicted molar refractivity (Wildman–Crippen MR) is 191 cm³/mol. The molecule has 0 fully saturated rings. The molecule has 0 spiro atoms. The summed E-state index contributed by atoms with van der Waals surface area (Å²) in [7, 11) is 0. The molecule has 0 saturated carbocycles. The molecular formula is C43H27N3. The maximum Gasteiger partial charge on any atom is 0.101 e. The van der Waals surface area contributed by atoms with Crippen LogP contribution in [-0.4, -0.2) is 9.13 Å². The van der Waals surface area contributed by atoms with E-state index < -0.39 is 0 Å². The Morgan fingerprint density at radius 1 is 0.370 bits per heavy atom. The summed E-state index contributed by atoms with van der Waals surface area (Å²) in [5.74, 6) is 0. The highest BCUT2D eigenvalue weighted by Gasteiger charge is 2.17. The second kappa shape index (κ2) is 10.4. The zero-order valence-electron chi connectivity index (χ0n) is 24.9. The van der Waals surface area contributed by atoms with Gasteiger partial charge in [0.25, 0.3) is 0 Å². The maximum atomic E-state index is 10.4. The minimum absolute atomic E-state index is 0.639. The van der Waals surface area contributed by atoms with Crippen molar-refractivity contribution in [3.05, 3.63) is 169 Å². The molecule has 0 atom stereocenters. The molecule has 0 amide bonds. The first-order valence-corrected chi connectivity index (χ1v) is 15.5. The summed E-state index contributed by atoms with van der Waals surface area (Å²) in [6.45, 7) is 0. The highest BCUT2D eigenvalue weighted by atomic mass is 15.0. The average molecular weight is 586 g/mol. The van der Waals surface area contributed by atoms with Crippen LogP contribution >= 0.6 is 0 Å². The van der Waals surface area contributed by atoms with Crippen LogP contribution in [0.4, 0.5) is 0 Å². The first-order valence-electron chi connectivity index (χ1n) is 15.5. The van der Waals surface area contributed by atoms with E-state index in [0.717, 1.165) is 44.7 Å². The lowest BCUT2D eigenvalue weighted by Crippen LogP contribution is -1.98. The van der Waals surface area contributed by atoms with Crippen LogP contribution in [0, 0.1) is 11.3 Å². The van der Waals surface area contributed by atoms with E-state index in [0.29, 0.717) is 5.56 Å². The highest BCUT2D eigenvalue weighted by Crippen LogP contribution is 2.38. The molecule has 9 aromatic rings. The molecule has 0 aliphatic rings. The Morgan fingerprint density at radius 2 is 0.826 bits per heavy atom. The fourth-order valence-electron chi connectivity index (χ4n) is 7.14. The van der Waals surface area contributed by atoms with Gasteiger partial charge >= 0.3 is 0 Å². The molecule has 2 aromatic heterocycles. The standard InChI is InChI=1S/C43H27N3/c44-28-32-27-30(24-25-38(32)45-40-20-7-2-15-34(40)35-16-3-8-21-41(35)45)29-12-11-13-31(26-29)33-14-1-6-19-39(33)46-42-22-9-4-17-36(42)37-18-5-10-23-43(37)46/h1-27H. The SMILES string of the molecule is N#Cc1cc(-c2cccc(-c3ccccc3-n3c4ccccc4c4ccccc43)c2)ccc1-n1c2ccccc2c2ccccc21. The van der Waals surface area contributed by atoms with Gasteiger partial charge in [0.2, 0.25) is 0 Å². The van der Waals surface area contributed by atoms with Gasteiger partial charge in [0.05, 0.1) is 39.0 Å². The molecule has 0 aliphatic heterocycles. The predicted octanol–water partition coefficient (Wildman–Crippen LogP) is 11.1. The summed E-state index contributed by atoms with van der Waals surface area (Å²) >= 11 is 0. The number of para-hydroxylation sites is 5.